The fourth-order valence-electron chi connectivity index (χ4n) is 5.44. The van der Waals surface area contributed by atoms with Gasteiger partial charge in [-0.05, 0) is 92.6 Å². The Morgan fingerprint density at radius 3 is 1.98 bits per heavy atom. The number of halogens is 1. The summed E-state index contributed by atoms with van der Waals surface area (Å²) in [5.74, 6) is 0.204. The van der Waals surface area contributed by atoms with Crippen LogP contribution in [0.25, 0.3) is 0 Å². The van der Waals surface area contributed by atoms with Gasteiger partial charge < -0.3 is 15.0 Å². The van der Waals surface area contributed by atoms with E-state index in [2.05, 4.69) is 5.32 Å². The lowest BCUT2D eigenvalue weighted by atomic mass is 10.0. The molecule has 50 heavy (non-hydrogen) atoms. The quantitative estimate of drug-likeness (QED) is 0.127. The third-order valence-corrected chi connectivity index (χ3v) is 9.96. The van der Waals surface area contributed by atoms with Gasteiger partial charge in [0.15, 0.2) is 0 Å². The van der Waals surface area contributed by atoms with Gasteiger partial charge in [-0.2, -0.15) is 0 Å². The highest BCUT2D eigenvalue weighted by atomic mass is 35.5. The van der Waals surface area contributed by atoms with Gasteiger partial charge in [-0.25, -0.2) is 8.42 Å². The lowest BCUT2D eigenvalue weighted by Gasteiger charge is -2.34. The first-order valence-corrected chi connectivity index (χ1v) is 18.1. The Morgan fingerprint density at radius 1 is 0.760 bits per heavy atom. The van der Waals surface area contributed by atoms with Gasteiger partial charge in [-0.3, -0.25) is 13.9 Å². The van der Waals surface area contributed by atoms with Crippen molar-refractivity contribution in [2.24, 2.45) is 0 Å². The number of carbonyl (C=O) groups excluding carboxylic acids is 2. The van der Waals surface area contributed by atoms with Crippen LogP contribution in [0.5, 0.6) is 11.5 Å². The molecule has 258 valence electrons. The van der Waals surface area contributed by atoms with Crippen molar-refractivity contribution in [3.63, 3.8) is 0 Å². The number of sulfonamides is 1. The Labute approximate surface area is 299 Å². The fraction of sp³-hybridized carbons (Fsp3) is 0.200. The highest BCUT2D eigenvalue weighted by molar-refractivity contribution is 7.92. The van der Waals surface area contributed by atoms with E-state index in [4.69, 9.17) is 16.3 Å². The van der Waals surface area contributed by atoms with Gasteiger partial charge in [0.05, 0.1) is 10.6 Å². The minimum atomic E-state index is -4.25. The SMILES string of the molecule is Cc1ccc(S(=O)(=O)N(CC(=O)N(Cc2cccc(Cl)c2)C(Cc2ccccc2)C(=O)NC(C)C)c2ccc(Oc3ccccc3)cc2)cc1. The molecule has 1 unspecified atom stereocenters. The number of para-hydroxylation sites is 1. The predicted molar refractivity (Wildman–Crippen MR) is 198 cm³/mol. The van der Waals surface area contributed by atoms with E-state index in [1.807, 2.05) is 87.5 Å². The van der Waals surface area contributed by atoms with E-state index in [0.717, 1.165) is 15.4 Å². The summed E-state index contributed by atoms with van der Waals surface area (Å²) in [6.07, 6.45) is 0.210. The zero-order chi connectivity index (χ0) is 35.7. The van der Waals surface area contributed by atoms with Crippen LogP contribution >= 0.6 is 11.6 Å². The molecule has 0 heterocycles. The molecule has 0 saturated carbocycles. The lowest BCUT2D eigenvalue weighted by molar-refractivity contribution is -0.140. The summed E-state index contributed by atoms with van der Waals surface area (Å²) in [5.41, 5.74) is 2.69. The number of nitrogens with zero attached hydrogens (tertiary/aromatic N) is 2. The summed E-state index contributed by atoms with van der Waals surface area (Å²) in [7, 11) is -4.25. The molecule has 0 spiro atoms. The summed E-state index contributed by atoms with van der Waals surface area (Å²) in [6.45, 7) is 5.01. The van der Waals surface area contributed by atoms with Crippen molar-refractivity contribution in [2.45, 2.75) is 50.7 Å². The molecule has 0 aliphatic rings. The topological polar surface area (TPSA) is 96.0 Å². The smallest absolute Gasteiger partial charge is 0.264 e. The number of nitrogens with one attached hydrogen (secondary N) is 1. The normalized spacial score (nSPS) is 11.9. The van der Waals surface area contributed by atoms with E-state index in [1.54, 1.807) is 54.6 Å². The lowest BCUT2D eigenvalue weighted by Crippen LogP contribution is -2.54. The van der Waals surface area contributed by atoms with Crippen molar-refractivity contribution in [1.82, 2.24) is 10.2 Å². The molecule has 5 rings (SSSR count). The van der Waals surface area contributed by atoms with Crippen LogP contribution in [0.1, 0.15) is 30.5 Å². The number of benzene rings is 5. The van der Waals surface area contributed by atoms with E-state index in [-0.39, 0.29) is 35.5 Å². The van der Waals surface area contributed by atoms with Crippen LogP contribution in [0, 0.1) is 6.92 Å². The Morgan fingerprint density at radius 2 is 1.36 bits per heavy atom. The number of anilines is 1. The van der Waals surface area contributed by atoms with Gasteiger partial charge in [0.1, 0.15) is 24.1 Å². The van der Waals surface area contributed by atoms with Crippen molar-refractivity contribution >= 4 is 39.1 Å². The maximum absolute atomic E-state index is 14.7. The zero-order valence-corrected chi connectivity index (χ0v) is 29.8. The number of rotatable bonds is 14. The van der Waals surface area contributed by atoms with E-state index in [1.165, 1.54) is 17.0 Å². The number of ether oxygens (including phenoxy) is 1. The molecular weight excluding hydrogens is 670 g/mol. The molecule has 0 radical (unpaired) electrons. The second-order valence-electron chi connectivity index (χ2n) is 12.3. The summed E-state index contributed by atoms with van der Waals surface area (Å²) < 4.78 is 35.7. The van der Waals surface area contributed by atoms with Gasteiger partial charge in [0, 0.05) is 24.0 Å². The molecule has 5 aromatic carbocycles. The van der Waals surface area contributed by atoms with Gasteiger partial charge in [0.25, 0.3) is 10.0 Å². The second kappa shape index (κ2) is 16.5. The molecule has 0 fully saturated rings. The zero-order valence-electron chi connectivity index (χ0n) is 28.2. The van der Waals surface area contributed by atoms with Crippen molar-refractivity contribution in [2.75, 3.05) is 10.8 Å². The van der Waals surface area contributed by atoms with Gasteiger partial charge >= 0.3 is 0 Å². The van der Waals surface area contributed by atoms with Crippen LogP contribution in [0.15, 0.2) is 138 Å². The van der Waals surface area contributed by atoms with Crippen LogP contribution in [0.4, 0.5) is 5.69 Å². The van der Waals surface area contributed by atoms with E-state index < -0.39 is 28.5 Å². The molecule has 1 atom stereocenters. The monoisotopic (exact) mass is 709 g/mol. The number of hydrogen-bond donors (Lipinski definition) is 1. The first-order valence-electron chi connectivity index (χ1n) is 16.3. The van der Waals surface area contributed by atoms with Gasteiger partial charge in [-0.1, -0.05) is 90.0 Å². The highest BCUT2D eigenvalue weighted by Crippen LogP contribution is 2.29. The molecule has 0 bridgehead atoms. The van der Waals surface area contributed by atoms with Gasteiger partial charge in [-0.15, -0.1) is 0 Å². The van der Waals surface area contributed by atoms with Crippen molar-refractivity contribution in [3.05, 3.63) is 155 Å². The van der Waals surface area contributed by atoms with E-state index in [9.17, 15) is 18.0 Å². The first kappa shape index (κ1) is 36.2. The molecule has 0 aliphatic heterocycles. The standard InChI is InChI=1S/C40H40ClN3O5S/c1-29(2)42-40(46)38(26-31-11-6-4-7-12-31)43(27-32-13-10-14-33(41)25-32)39(45)28-44(50(47,48)37-23-17-30(3)18-24-37)34-19-21-36(22-20-34)49-35-15-8-5-9-16-35/h4-25,29,38H,26-28H2,1-3H3,(H,42,46). The molecule has 0 aromatic heterocycles. The average Bonchev–Trinajstić information content (AvgIpc) is 3.10. The molecule has 1 N–H and O–H groups in total. The van der Waals surface area contributed by atoms with Crippen LogP contribution in [0.2, 0.25) is 5.02 Å². The highest BCUT2D eigenvalue weighted by Gasteiger charge is 2.35. The predicted octanol–water partition coefficient (Wildman–Crippen LogP) is 7.80. The van der Waals surface area contributed by atoms with Crippen molar-refractivity contribution < 1.29 is 22.7 Å². The molecule has 0 aliphatic carbocycles. The Hall–Kier alpha value is -5.12. The summed E-state index contributed by atoms with van der Waals surface area (Å²) >= 11 is 6.34. The number of aryl methyl sites for hydroxylation is 1. The Bertz CT molecular complexity index is 1990. The molecule has 5 aromatic rings. The van der Waals surface area contributed by atoms with Crippen LogP contribution in [-0.2, 0) is 32.6 Å². The molecule has 2 amide bonds. The largest absolute Gasteiger partial charge is 0.457 e. The molecular formula is C40H40ClN3O5S. The van der Waals surface area contributed by atoms with Crippen molar-refractivity contribution in [3.8, 4) is 11.5 Å². The average molecular weight is 710 g/mol. The van der Waals surface area contributed by atoms with Crippen LogP contribution in [-0.4, -0.2) is 43.8 Å². The Kier molecular flexibility index (Phi) is 12.0. The number of hydrogen-bond acceptors (Lipinski definition) is 5. The van der Waals surface area contributed by atoms with E-state index >= 15 is 0 Å². The molecule has 0 saturated heterocycles. The van der Waals surface area contributed by atoms with Crippen LogP contribution < -0.4 is 14.4 Å². The Balaban J connectivity index is 1.56. The summed E-state index contributed by atoms with van der Waals surface area (Å²) in [4.78, 5) is 30.0. The first-order chi connectivity index (χ1) is 24.0. The van der Waals surface area contributed by atoms with E-state index in [0.29, 0.717) is 22.1 Å². The number of carbonyl (C=O) groups is 2. The van der Waals surface area contributed by atoms with Crippen LogP contribution in [0.3, 0.4) is 0 Å². The summed E-state index contributed by atoms with van der Waals surface area (Å²) in [5, 5.41) is 3.44. The fourth-order valence-corrected chi connectivity index (χ4v) is 7.06. The van der Waals surface area contributed by atoms with Crippen molar-refractivity contribution in [1.29, 1.82) is 0 Å². The third kappa shape index (κ3) is 9.52. The molecule has 10 heteroatoms. The minimum absolute atomic E-state index is 0.0185. The molecule has 8 nitrogen and oxygen atoms in total. The second-order valence-corrected chi connectivity index (χ2v) is 14.6. The minimum Gasteiger partial charge on any atom is -0.457 e. The number of amides is 2. The maximum Gasteiger partial charge on any atom is 0.264 e. The van der Waals surface area contributed by atoms with Gasteiger partial charge in [0.2, 0.25) is 11.8 Å². The maximum atomic E-state index is 14.7. The third-order valence-electron chi connectivity index (χ3n) is 7.94. The summed E-state index contributed by atoms with van der Waals surface area (Å²) in [6, 6.07) is 37.5.